The van der Waals surface area contributed by atoms with Crippen molar-refractivity contribution in [1.29, 1.82) is 0 Å². The molecule has 0 aliphatic carbocycles. The van der Waals surface area contributed by atoms with Gasteiger partial charge < -0.3 is 4.57 Å². The predicted octanol–water partition coefficient (Wildman–Crippen LogP) is 4.81. The Labute approximate surface area is 112 Å². The lowest BCUT2D eigenvalue weighted by Gasteiger charge is -2.08. The number of fused-ring (bicyclic) bond motifs is 3. The first-order valence-electron chi connectivity index (χ1n) is 6.37. The summed E-state index contributed by atoms with van der Waals surface area (Å²) in [5.74, 6) is 0. The number of halogens is 1. The summed E-state index contributed by atoms with van der Waals surface area (Å²) in [4.78, 5) is 0. The van der Waals surface area contributed by atoms with E-state index in [2.05, 4.69) is 60.0 Å². The lowest BCUT2D eigenvalue weighted by Crippen LogP contribution is -2.02. The van der Waals surface area contributed by atoms with Gasteiger partial charge in [0.05, 0.1) is 0 Å². The number of hydrogen-bond donors (Lipinski definition) is 0. The van der Waals surface area contributed by atoms with Crippen LogP contribution >= 0.6 is 11.6 Å². The van der Waals surface area contributed by atoms with Crippen LogP contribution in [0.25, 0.3) is 21.8 Å². The Bertz CT molecular complexity index is 628. The standard InChI is InChI=1S/C16H16ClN/c1-12(17)10-11-18-15-8-4-2-6-13(15)14-7-3-5-9-16(14)18/h2-9,12H,10-11H2,1H3. The van der Waals surface area contributed by atoms with Gasteiger partial charge in [0.1, 0.15) is 0 Å². The lowest BCUT2D eigenvalue weighted by atomic mass is 10.2. The number of nitrogens with zero attached hydrogens (tertiary/aromatic N) is 1. The number of aromatic nitrogens is 1. The van der Waals surface area contributed by atoms with Crippen LogP contribution in [0.3, 0.4) is 0 Å². The van der Waals surface area contributed by atoms with Crippen LogP contribution in [-0.2, 0) is 6.54 Å². The van der Waals surface area contributed by atoms with E-state index in [9.17, 15) is 0 Å². The zero-order valence-corrected chi connectivity index (χ0v) is 11.2. The zero-order chi connectivity index (χ0) is 12.5. The zero-order valence-electron chi connectivity index (χ0n) is 10.4. The Morgan fingerprint density at radius 3 is 1.94 bits per heavy atom. The van der Waals surface area contributed by atoms with Crippen LogP contribution in [0.2, 0.25) is 0 Å². The van der Waals surface area contributed by atoms with Gasteiger partial charge in [0, 0.05) is 33.7 Å². The summed E-state index contributed by atoms with van der Waals surface area (Å²) in [6, 6.07) is 17.2. The third-order valence-corrected chi connectivity index (χ3v) is 3.65. The molecule has 2 aromatic carbocycles. The van der Waals surface area contributed by atoms with E-state index in [4.69, 9.17) is 11.6 Å². The maximum absolute atomic E-state index is 6.08. The molecule has 3 rings (SSSR count). The molecule has 0 aliphatic heterocycles. The van der Waals surface area contributed by atoms with Gasteiger partial charge in [0.25, 0.3) is 0 Å². The van der Waals surface area contributed by atoms with Crippen LogP contribution in [0.4, 0.5) is 0 Å². The first kappa shape index (κ1) is 11.6. The highest BCUT2D eigenvalue weighted by atomic mass is 35.5. The third kappa shape index (κ3) is 1.89. The Morgan fingerprint density at radius 2 is 1.44 bits per heavy atom. The topological polar surface area (TPSA) is 4.93 Å². The molecule has 1 nitrogen and oxygen atoms in total. The van der Waals surface area contributed by atoms with Gasteiger partial charge in [-0.25, -0.2) is 0 Å². The molecule has 0 saturated carbocycles. The van der Waals surface area contributed by atoms with Gasteiger partial charge in [-0.05, 0) is 25.5 Å². The second kappa shape index (κ2) is 4.66. The van der Waals surface area contributed by atoms with Crippen molar-refractivity contribution < 1.29 is 0 Å². The van der Waals surface area contributed by atoms with Crippen molar-refractivity contribution in [2.75, 3.05) is 0 Å². The Morgan fingerprint density at radius 1 is 0.944 bits per heavy atom. The average molecular weight is 258 g/mol. The number of para-hydroxylation sites is 2. The maximum Gasteiger partial charge on any atom is 0.0491 e. The van der Waals surface area contributed by atoms with Crippen LogP contribution in [-0.4, -0.2) is 9.94 Å². The van der Waals surface area contributed by atoms with Crippen LogP contribution in [0.5, 0.6) is 0 Å². The van der Waals surface area contributed by atoms with Gasteiger partial charge in [-0.3, -0.25) is 0 Å². The van der Waals surface area contributed by atoms with E-state index >= 15 is 0 Å². The Kier molecular flexibility index (Phi) is 3.00. The molecule has 18 heavy (non-hydrogen) atoms. The van der Waals surface area contributed by atoms with Crippen LogP contribution in [0.1, 0.15) is 13.3 Å². The van der Waals surface area contributed by atoms with Crippen molar-refractivity contribution in [3.8, 4) is 0 Å². The molecular formula is C16H16ClN. The highest BCUT2D eigenvalue weighted by molar-refractivity contribution is 6.20. The van der Waals surface area contributed by atoms with Gasteiger partial charge in [-0.1, -0.05) is 36.4 Å². The van der Waals surface area contributed by atoms with E-state index in [1.54, 1.807) is 0 Å². The summed E-state index contributed by atoms with van der Waals surface area (Å²) in [6.07, 6.45) is 0.990. The van der Waals surface area contributed by atoms with Crippen molar-refractivity contribution >= 4 is 33.4 Å². The summed E-state index contributed by atoms with van der Waals surface area (Å²) in [6.45, 7) is 3.02. The quantitative estimate of drug-likeness (QED) is 0.594. The SMILES string of the molecule is CC(Cl)CCn1c2ccccc2c2ccccc21. The van der Waals surface area contributed by atoms with E-state index in [0.29, 0.717) is 0 Å². The molecule has 2 heteroatoms. The fraction of sp³-hybridized carbons (Fsp3) is 0.250. The van der Waals surface area contributed by atoms with Gasteiger partial charge in [-0.15, -0.1) is 11.6 Å². The maximum atomic E-state index is 6.08. The monoisotopic (exact) mass is 257 g/mol. The lowest BCUT2D eigenvalue weighted by molar-refractivity contribution is 0.670. The molecule has 3 aromatic rings. The molecule has 1 atom stereocenters. The molecule has 0 bridgehead atoms. The van der Waals surface area contributed by atoms with Crippen LogP contribution in [0.15, 0.2) is 48.5 Å². The first-order chi connectivity index (χ1) is 8.77. The fourth-order valence-corrected chi connectivity index (χ4v) is 2.65. The third-order valence-electron chi connectivity index (χ3n) is 3.43. The summed E-state index contributed by atoms with van der Waals surface area (Å²) in [5.41, 5.74) is 2.60. The van der Waals surface area contributed by atoms with E-state index in [-0.39, 0.29) is 5.38 Å². The minimum atomic E-state index is 0.213. The predicted molar refractivity (Wildman–Crippen MR) is 79.4 cm³/mol. The summed E-state index contributed by atoms with van der Waals surface area (Å²) >= 11 is 6.08. The molecule has 0 spiro atoms. The van der Waals surface area contributed by atoms with Crippen molar-refractivity contribution in [2.45, 2.75) is 25.3 Å². The molecule has 0 saturated heterocycles. The van der Waals surface area contributed by atoms with Crippen molar-refractivity contribution in [3.05, 3.63) is 48.5 Å². The molecule has 0 amide bonds. The molecule has 92 valence electrons. The number of alkyl halides is 1. The number of aryl methyl sites for hydroxylation is 1. The van der Waals surface area contributed by atoms with Crippen molar-refractivity contribution in [1.82, 2.24) is 4.57 Å². The van der Waals surface area contributed by atoms with Gasteiger partial charge in [-0.2, -0.15) is 0 Å². The van der Waals surface area contributed by atoms with Gasteiger partial charge in [0.15, 0.2) is 0 Å². The second-order valence-corrected chi connectivity index (χ2v) is 5.50. The van der Waals surface area contributed by atoms with Gasteiger partial charge in [0.2, 0.25) is 0 Å². The average Bonchev–Trinajstić information content (AvgIpc) is 2.71. The normalized spacial score (nSPS) is 13.2. The van der Waals surface area contributed by atoms with Gasteiger partial charge >= 0.3 is 0 Å². The summed E-state index contributed by atoms with van der Waals surface area (Å²) in [5, 5.41) is 2.87. The molecule has 0 N–H and O–H groups in total. The molecule has 1 heterocycles. The van der Waals surface area contributed by atoms with E-state index in [0.717, 1.165) is 13.0 Å². The highest BCUT2D eigenvalue weighted by Gasteiger charge is 2.09. The Balaban J connectivity index is 2.24. The fourth-order valence-electron chi connectivity index (χ4n) is 2.55. The molecule has 0 fully saturated rings. The molecule has 0 aliphatic rings. The largest absolute Gasteiger partial charge is 0.340 e. The van der Waals surface area contributed by atoms with Crippen LogP contribution < -0.4 is 0 Å². The van der Waals surface area contributed by atoms with Crippen LogP contribution in [0, 0.1) is 0 Å². The summed E-state index contributed by atoms with van der Waals surface area (Å²) in [7, 11) is 0. The van der Waals surface area contributed by atoms with E-state index in [1.807, 2.05) is 0 Å². The number of hydrogen-bond acceptors (Lipinski definition) is 0. The van der Waals surface area contributed by atoms with E-state index < -0.39 is 0 Å². The van der Waals surface area contributed by atoms with Crippen molar-refractivity contribution in [3.63, 3.8) is 0 Å². The molecular weight excluding hydrogens is 242 g/mol. The molecule has 1 aromatic heterocycles. The minimum Gasteiger partial charge on any atom is -0.340 e. The highest BCUT2D eigenvalue weighted by Crippen LogP contribution is 2.29. The smallest absolute Gasteiger partial charge is 0.0491 e. The number of benzene rings is 2. The first-order valence-corrected chi connectivity index (χ1v) is 6.81. The molecule has 1 unspecified atom stereocenters. The molecule has 0 radical (unpaired) electrons. The minimum absolute atomic E-state index is 0.213. The Hall–Kier alpha value is -1.47. The van der Waals surface area contributed by atoms with E-state index in [1.165, 1.54) is 21.8 Å². The van der Waals surface area contributed by atoms with Crippen molar-refractivity contribution in [2.24, 2.45) is 0 Å². The second-order valence-electron chi connectivity index (χ2n) is 4.76. The number of rotatable bonds is 3. The summed E-state index contributed by atoms with van der Waals surface area (Å²) < 4.78 is 2.38.